The molecule has 2 rings (SSSR count). The molecule has 0 aliphatic heterocycles. The predicted octanol–water partition coefficient (Wildman–Crippen LogP) is 1.02. The summed E-state index contributed by atoms with van der Waals surface area (Å²) in [5.74, 6) is 0.553. The maximum atomic E-state index is 13.1. The van der Waals surface area contributed by atoms with Crippen molar-refractivity contribution in [3.63, 3.8) is 0 Å². The van der Waals surface area contributed by atoms with Crippen molar-refractivity contribution >= 4 is 0 Å². The number of rotatable bonds is 1. The summed E-state index contributed by atoms with van der Waals surface area (Å²) in [6, 6.07) is 0. The van der Waals surface area contributed by atoms with E-state index < -0.39 is 12.3 Å². The molecule has 0 amide bonds. The van der Waals surface area contributed by atoms with Crippen LogP contribution in [0.2, 0.25) is 0 Å². The van der Waals surface area contributed by atoms with E-state index in [4.69, 9.17) is 4.74 Å². The van der Waals surface area contributed by atoms with Gasteiger partial charge in [0.05, 0.1) is 13.3 Å². The Balaban J connectivity index is 2.49. The number of ether oxygens (including phenoxy) is 1. The number of aliphatic hydroxyl groups is 1. The minimum Gasteiger partial charge on any atom is -0.495 e. The number of nitrogens with zero attached hydrogens (tertiary/aromatic N) is 1. The Kier molecular flexibility index (Phi) is 1.92. The average Bonchev–Trinajstić information content (AvgIpc) is 2.43. The second kappa shape index (κ2) is 2.96. The fourth-order valence-corrected chi connectivity index (χ4v) is 1.63. The van der Waals surface area contributed by atoms with Crippen molar-refractivity contribution in [2.45, 2.75) is 18.7 Å². The van der Waals surface area contributed by atoms with Crippen LogP contribution in [0.15, 0.2) is 12.4 Å². The molecule has 13 heavy (non-hydrogen) atoms. The van der Waals surface area contributed by atoms with Crippen molar-refractivity contribution in [2.24, 2.45) is 0 Å². The third-order valence-corrected chi connectivity index (χ3v) is 2.33. The van der Waals surface area contributed by atoms with Gasteiger partial charge in [0.1, 0.15) is 18.0 Å². The second-order valence-electron chi connectivity index (χ2n) is 3.07. The molecule has 1 aromatic heterocycles. The highest BCUT2D eigenvalue weighted by Gasteiger charge is 2.33. The molecule has 2 atom stereocenters. The Morgan fingerprint density at radius 2 is 2.38 bits per heavy atom. The van der Waals surface area contributed by atoms with E-state index in [-0.39, 0.29) is 6.42 Å². The lowest BCUT2D eigenvalue weighted by molar-refractivity contribution is 0.0924. The van der Waals surface area contributed by atoms with Crippen molar-refractivity contribution < 1.29 is 14.2 Å². The molecule has 0 fully saturated rings. The molecule has 1 aliphatic carbocycles. The van der Waals surface area contributed by atoms with Gasteiger partial charge >= 0.3 is 0 Å². The standard InChI is InChI=1S/C9H10FNO2/c1-13-8-4-11-3-6-5(8)2-7(10)9(6)12/h3-4,7,9,12H,2H2,1H3. The molecule has 4 heteroatoms. The molecule has 0 spiro atoms. The Bertz CT molecular complexity index is 329. The van der Waals surface area contributed by atoms with Crippen LogP contribution in [-0.2, 0) is 6.42 Å². The number of alkyl halides is 1. The number of aliphatic hydroxyl groups excluding tert-OH is 1. The quantitative estimate of drug-likeness (QED) is 0.706. The van der Waals surface area contributed by atoms with E-state index in [2.05, 4.69) is 4.98 Å². The minimum absolute atomic E-state index is 0.211. The maximum Gasteiger partial charge on any atom is 0.140 e. The molecule has 1 N–H and O–H groups in total. The van der Waals surface area contributed by atoms with Crippen molar-refractivity contribution in [1.29, 1.82) is 0 Å². The van der Waals surface area contributed by atoms with Gasteiger partial charge in [0.15, 0.2) is 0 Å². The molecule has 3 nitrogen and oxygen atoms in total. The van der Waals surface area contributed by atoms with E-state index in [9.17, 15) is 9.50 Å². The Hall–Kier alpha value is -1.16. The van der Waals surface area contributed by atoms with Gasteiger partial charge in [-0.2, -0.15) is 0 Å². The third kappa shape index (κ3) is 1.18. The minimum atomic E-state index is -1.23. The number of methoxy groups -OCH3 is 1. The van der Waals surface area contributed by atoms with Crippen LogP contribution in [0.5, 0.6) is 5.75 Å². The van der Waals surface area contributed by atoms with Crippen LogP contribution in [0.4, 0.5) is 4.39 Å². The van der Waals surface area contributed by atoms with Gasteiger partial charge in [-0.15, -0.1) is 0 Å². The fourth-order valence-electron chi connectivity index (χ4n) is 1.63. The third-order valence-electron chi connectivity index (χ3n) is 2.33. The van der Waals surface area contributed by atoms with Crippen LogP contribution < -0.4 is 4.74 Å². The molecule has 2 unspecified atom stereocenters. The number of hydrogen-bond acceptors (Lipinski definition) is 3. The highest BCUT2D eigenvalue weighted by atomic mass is 19.1. The highest BCUT2D eigenvalue weighted by Crippen LogP contribution is 2.37. The fraction of sp³-hybridized carbons (Fsp3) is 0.444. The summed E-state index contributed by atoms with van der Waals surface area (Å²) in [6.07, 6.45) is 0.958. The lowest BCUT2D eigenvalue weighted by atomic mass is 10.1. The summed E-state index contributed by atoms with van der Waals surface area (Å²) in [5, 5.41) is 9.40. The molecule has 0 bridgehead atoms. The smallest absolute Gasteiger partial charge is 0.140 e. The Morgan fingerprint density at radius 1 is 1.62 bits per heavy atom. The molecular weight excluding hydrogens is 173 g/mol. The molecular formula is C9H10FNO2. The number of hydrogen-bond donors (Lipinski definition) is 1. The van der Waals surface area contributed by atoms with Gasteiger partial charge in [0, 0.05) is 23.7 Å². The van der Waals surface area contributed by atoms with E-state index in [1.165, 1.54) is 19.5 Å². The van der Waals surface area contributed by atoms with E-state index >= 15 is 0 Å². The number of fused-ring (bicyclic) bond motifs is 1. The zero-order valence-electron chi connectivity index (χ0n) is 7.20. The van der Waals surface area contributed by atoms with Crippen LogP contribution in [0.1, 0.15) is 17.2 Å². The Labute approximate surface area is 75.2 Å². The zero-order valence-corrected chi connectivity index (χ0v) is 7.20. The lowest BCUT2D eigenvalue weighted by Crippen LogP contribution is -2.06. The van der Waals surface area contributed by atoms with Gasteiger partial charge in [0.25, 0.3) is 0 Å². The van der Waals surface area contributed by atoms with Gasteiger partial charge in [-0.25, -0.2) is 4.39 Å². The first kappa shape index (κ1) is 8.44. The van der Waals surface area contributed by atoms with Gasteiger partial charge in [-0.05, 0) is 0 Å². The van der Waals surface area contributed by atoms with E-state index in [1.54, 1.807) is 0 Å². The lowest BCUT2D eigenvalue weighted by Gasteiger charge is -2.06. The van der Waals surface area contributed by atoms with Crippen molar-refractivity contribution in [2.75, 3.05) is 7.11 Å². The first-order valence-electron chi connectivity index (χ1n) is 4.07. The predicted molar refractivity (Wildman–Crippen MR) is 44.3 cm³/mol. The summed E-state index contributed by atoms with van der Waals surface area (Å²) in [7, 11) is 1.51. The van der Waals surface area contributed by atoms with Crippen LogP contribution in [-0.4, -0.2) is 23.4 Å². The van der Waals surface area contributed by atoms with Gasteiger partial charge in [-0.3, -0.25) is 4.98 Å². The van der Waals surface area contributed by atoms with Crippen LogP contribution >= 0.6 is 0 Å². The van der Waals surface area contributed by atoms with E-state index in [0.717, 1.165) is 5.56 Å². The summed E-state index contributed by atoms with van der Waals surface area (Å²) >= 11 is 0. The molecule has 0 saturated heterocycles. The normalized spacial score (nSPS) is 25.8. The van der Waals surface area contributed by atoms with Gasteiger partial charge in [-0.1, -0.05) is 0 Å². The Morgan fingerprint density at radius 3 is 3.08 bits per heavy atom. The molecule has 0 saturated carbocycles. The SMILES string of the molecule is COc1cncc2c1CC(F)C2O. The molecule has 70 valence electrons. The summed E-state index contributed by atoms with van der Waals surface area (Å²) < 4.78 is 18.1. The molecule has 0 aromatic carbocycles. The van der Waals surface area contributed by atoms with Crippen molar-refractivity contribution in [3.05, 3.63) is 23.5 Å². The van der Waals surface area contributed by atoms with E-state index in [0.29, 0.717) is 11.3 Å². The monoisotopic (exact) mass is 183 g/mol. The molecule has 1 aromatic rings. The number of aromatic nitrogens is 1. The number of pyridine rings is 1. The molecule has 1 heterocycles. The second-order valence-corrected chi connectivity index (χ2v) is 3.07. The highest BCUT2D eigenvalue weighted by molar-refractivity contribution is 5.42. The summed E-state index contributed by atoms with van der Waals surface area (Å²) in [5.41, 5.74) is 1.28. The average molecular weight is 183 g/mol. The van der Waals surface area contributed by atoms with Crippen molar-refractivity contribution in [3.8, 4) is 5.75 Å². The van der Waals surface area contributed by atoms with E-state index in [1.807, 2.05) is 0 Å². The first-order valence-corrected chi connectivity index (χ1v) is 4.07. The first-order chi connectivity index (χ1) is 6.24. The summed E-state index contributed by atoms with van der Waals surface area (Å²) in [4.78, 5) is 3.86. The van der Waals surface area contributed by atoms with Crippen molar-refractivity contribution in [1.82, 2.24) is 4.98 Å². The topological polar surface area (TPSA) is 42.4 Å². The molecule has 0 radical (unpaired) electrons. The van der Waals surface area contributed by atoms with Crippen LogP contribution in [0.25, 0.3) is 0 Å². The van der Waals surface area contributed by atoms with Crippen LogP contribution in [0, 0.1) is 0 Å². The summed E-state index contributed by atoms with van der Waals surface area (Å²) in [6.45, 7) is 0. The van der Waals surface area contributed by atoms with Gasteiger partial charge in [0.2, 0.25) is 0 Å². The van der Waals surface area contributed by atoms with Gasteiger partial charge < -0.3 is 9.84 Å². The molecule has 1 aliphatic rings. The number of halogens is 1. The zero-order chi connectivity index (χ0) is 9.42. The van der Waals surface area contributed by atoms with Crippen LogP contribution in [0.3, 0.4) is 0 Å². The maximum absolute atomic E-state index is 13.1. The largest absolute Gasteiger partial charge is 0.495 e.